The van der Waals surface area contributed by atoms with Gasteiger partial charge in [0.25, 0.3) is 0 Å². The predicted molar refractivity (Wildman–Crippen MR) is 200 cm³/mol. The van der Waals surface area contributed by atoms with E-state index in [0.29, 0.717) is 16.7 Å². The van der Waals surface area contributed by atoms with E-state index in [2.05, 4.69) is 100 Å². The summed E-state index contributed by atoms with van der Waals surface area (Å²) in [5, 5.41) is 33.5. The largest absolute Gasteiger partial charge is 0.309 e. The quantitative estimate of drug-likeness (QED) is 0.193. The van der Waals surface area contributed by atoms with Crippen molar-refractivity contribution in [2.24, 2.45) is 0 Å². The van der Waals surface area contributed by atoms with Crippen LogP contribution in [0.3, 0.4) is 0 Å². The lowest BCUT2D eigenvalue weighted by molar-refractivity contribution is 1.18. The summed E-state index contributed by atoms with van der Waals surface area (Å²) in [5.74, 6) is 0. The van der Waals surface area contributed by atoms with Crippen molar-refractivity contribution in [2.75, 3.05) is 0 Å². The second-order valence-electron chi connectivity index (χ2n) is 12.4. The number of nitrogens with zero attached hydrogens (tertiary/aromatic N) is 5. The molecule has 2 aromatic heterocycles. The van der Waals surface area contributed by atoms with E-state index in [1.165, 1.54) is 0 Å². The van der Waals surface area contributed by atoms with E-state index in [0.717, 1.165) is 77.2 Å². The van der Waals surface area contributed by atoms with Crippen LogP contribution >= 0.6 is 0 Å². The van der Waals surface area contributed by atoms with Gasteiger partial charge in [-0.05, 0) is 95.6 Å². The number of aromatic nitrogens is 2. The number of rotatable bonds is 4. The molecule has 0 saturated heterocycles. The minimum absolute atomic E-state index is 0.580. The number of hydrogen-bond donors (Lipinski definition) is 0. The van der Waals surface area contributed by atoms with Crippen LogP contribution in [0.2, 0.25) is 0 Å². The molecule has 0 saturated carbocycles. The first-order chi connectivity index (χ1) is 24.6. The summed E-state index contributed by atoms with van der Waals surface area (Å²) in [6.45, 7) is 0. The molecule has 0 atom stereocenters. The molecule has 0 unspecified atom stereocenters. The molecular weight excluding hydrogens is 611 g/mol. The van der Waals surface area contributed by atoms with Crippen molar-refractivity contribution in [3.05, 3.63) is 168 Å². The maximum atomic E-state index is 9.92. The van der Waals surface area contributed by atoms with Gasteiger partial charge in [0.15, 0.2) is 0 Å². The Morgan fingerprint density at radius 2 is 0.940 bits per heavy atom. The molecule has 5 heteroatoms. The number of benzene rings is 7. The third-order valence-corrected chi connectivity index (χ3v) is 9.60. The minimum atomic E-state index is 0.580. The van der Waals surface area contributed by atoms with Crippen LogP contribution in [0.5, 0.6) is 0 Å². The van der Waals surface area contributed by atoms with Crippen LogP contribution in [-0.4, -0.2) is 9.13 Å². The topological polar surface area (TPSA) is 81.2 Å². The van der Waals surface area contributed by atoms with Crippen LogP contribution in [0.25, 0.3) is 77.2 Å². The van der Waals surface area contributed by atoms with Gasteiger partial charge in [0, 0.05) is 32.8 Å². The molecule has 50 heavy (non-hydrogen) atoms. The third kappa shape index (κ3) is 4.45. The lowest BCUT2D eigenvalue weighted by atomic mass is 9.96. The fourth-order valence-corrected chi connectivity index (χ4v) is 7.32. The Morgan fingerprint density at radius 1 is 0.360 bits per heavy atom. The zero-order chi connectivity index (χ0) is 33.8. The van der Waals surface area contributed by atoms with E-state index in [-0.39, 0.29) is 0 Å². The summed E-state index contributed by atoms with van der Waals surface area (Å²) in [6.07, 6.45) is 0. The summed E-state index contributed by atoms with van der Waals surface area (Å²) in [4.78, 5) is 0. The molecule has 2 heterocycles. The maximum absolute atomic E-state index is 9.92. The summed E-state index contributed by atoms with van der Waals surface area (Å²) in [5.41, 5.74) is 11.9. The van der Waals surface area contributed by atoms with Crippen molar-refractivity contribution in [3.8, 4) is 51.8 Å². The average molecular weight is 636 g/mol. The molecule has 0 fully saturated rings. The molecule has 5 nitrogen and oxygen atoms in total. The van der Waals surface area contributed by atoms with Crippen LogP contribution in [0.1, 0.15) is 16.7 Å². The molecule has 0 aliphatic heterocycles. The highest BCUT2D eigenvalue weighted by atomic mass is 15.0. The number of para-hydroxylation sites is 2. The number of fused-ring (bicyclic) bond motifs is 6. The van der Waals surface area contributed by atoms with Crippen LogP contribution in [0.15, 0.2) is 152 Å². The Labute approximate surface area is 287 Å². The van der Waals surface area contributed by atoms with E-state index in [9.17, 15) is 15.8 Å². The van der Waals surface area contributed by atoms with Gasteiger partial charge < -0.3 is 9.13 Å². The van der Waals surface area contributed by atoms with Gasteiger partial charge in [-0.3, -0.25) is 0 Å². The lowest BCUT2D eigenvalue weighted by Gasteiger charge is -2.16. The first-order valence-corrected chi connectivity index (χ1v) is 16.3. The highest BCUT2D eigenvalue weighted by Gasteiger charge is 2.18. The Balaban J connectivity index is 1.18. The molecule has 0 amide bonds. The van der Waals surface area contributed by atoms with Gasteiger partial charge in [0.2, 0.25) is 0 Å². The van der Waals surface area contributed by atoms with Crippen LogP contribution in [0, 0.1) is 34.0 Å². The molecular formula is C45H25N5. The molecule has 0 radical (unpaired) electrons. The van der Waals surface area contributed by atoms with Crippen molar-refractivity contribution < 1.29 is 0 Å². The molecule has 9 aromatic rings. The van der Waals surface area contributed by atoms with Crippen LogP contribution in [-0.2, 0) is 0 Å². The van der Waals surface area contributed by atoms with Crippen molar-refractivity contribution in [2.45, 2.75) is 0 Å². The second-order valence-corrected chi connectivity index (χ2v) is 12.4. The van der Waals surface area contributed by atoms with Gasteiger partial charge in [-0.25, -0.2) is 0 Å². The summed E-state index contributed by atoms with van der Waals surface area (Å²) in [6, 6.07) is 57.9. The first-order valence-electron chi connectivity index (χ1n) is 16.3. The molecule has 7 aromatic carbocycles. The van der Waals surface area contributed by atoms with Gasteiger partial charge in [0.1, 0.15) is 0 Å². The minimum Gasteiger partial charge on any atom is -0.309 e. The standard InChI is InChI=1S/C45H25N5/c46-26-29-13-20-43(50-42-11-4-2-9-37(42)40-23-30(27-47)14-21-44(40)50)39(22-29)34-7-5-6-33(25-34)32-15-17-35(18-16-32)49-41-10-3-1-8-36(41)38-19-12-31(28-48)24-45(38)49/h1-25H. The number of hydrogen-bond acceptors (Lipinski definition) is 3. The molecule has 230 valence electrons. The Bertz CT molecular complexity index is 2960. The molecule has 0 bridgehead atoms. The monoisotopic (exact) mass is 635 g/mol. The van der Waals surface area contributed by atoms with Crippen LogP contribution in [0.4, 0.5) is 0 Å². The van der Waals surface area contributed by atoms with E-state index in [4.69, 9.17) is 0 Å². The van der Waals surface area contributed by atoms with E-state index in [1.54, 1.807) is 0 Å². The highest BCUT2D eigenvalue weighted by Crippen LogP contribution is 2.38. The van der Waals surface area contributed by atoms with Gasteiger partial charge in [-0.1, -0.05) is 72.8 Å². The van der Waals surface area contributed by atoms with Gasteiger partial charge in [-0.2, -0.15) is 15.8 Å². The lowest BCUT2D eigenvalue weighted by Crippen LogP contribution is -1.98. The summed E-state index contributed by atoms with van der Waals surface area (Å²) in [7, 11) is 0. The number of nitriles is 3. The van der Waals surface area contributed by atoms with Gasteiger partial charge in [0.05, 0.1) is 62.7 Å². The molecule has 0 aliphatic rings. The van der Waals surface area contributed by atoms with Crippen molar-refractivity contribution in [1.82, 2.24) is 9.13 Å². The fraction of sp³-hybridized carbons (Fsp3) is 0. The highest BCUT2D eigenvalue weighted by molar-refractivity contribution is 6.11. The molecule has 0 N–H and O–H groups in total. The Hall–Kier alpha value is -7.39. The smallest absolute Gasteiger partial charge is 0.0992 e. The van der Waals surface area contributed by atoms with E-state index in [1.807, 2.05) is 78.9 Å². The third-order valence-electron chi connectivity index (χ3n) is 9.60. The van der Waals surface area contributed by atoms with Crippen molar-refractivity contribution in [1.29, 1.82) is 15.8 Å². The normalized spacial score (nSPS) is 11.1. The van der Waals surface area contributed by atoms with E-state index >= 15 is 0 Å². The average Bonchev–Trinajstić information content (AvgIpc) is 3.69. The van der Waals surface area contributed by atoms with Crippen molar-refractivity contribution in [3.63, 3.8) is 0 Å². The maximum Gasteiger partial charge on any atom is 0.0992 e. The van der Waals surface area contributed by atoms with Crippen molar-refractivity contribution >= 4 is 43.6 Å². The second kappa shape index (κ2) is 11.4. The molecule has 0 spiro atoms. The Morgan fingerprint density at radius 3 is 1.70 bits per heavy atom. The van der Waals surface area contributed by atoms with E-state index < -0.39 is 0 Å². The Kier molecular flexibility index (Phi) is 6.56. The van der Waals surface area contributed by atoms with Gasteiger partial charge in [-0.15, -0.1) is 0 Å². The zero-order valence-electron chi connectivity index (χ0n) is 26.7. The summed E-state index contributed by atoms with van der Waals surface area (Å²) < 4.78 is 4.45. The van der Waals surface area contributed by atoms with Gasteiger partial charge >= 0.3 is 0 Å². The molecule has 0 aliphatic carbocycles. The molecule has 9 rings (SSSR count). The van der Waals surface area contributed by atoms with Crippen LogP contribution < -0.4 is 0 Å². The SMILES string of the molecule is N#Cc1ccc(-n2c3ccccc3c3cc(C#N)ccc32)c(-c2cccc(-c3ccc(-n4c5ccccc5c5ccc(C#N)cc54)cc3)c2)c1. The predicted octanol–water partition coefficient (Wildman–Crippen LogP) is 10.8. The summed E-state index contributed by atoms with van der Waals surface area (Å²) >= 11 is 0. The fourth-order valence-electron chi connectivity index (χ4n) is 7.32. The zero-order valence-corrected chi connectivity index (χ0v) is 26.7. The first kappa shape index (κ1) is 28.8.